The summed E-state index contributed by atoms with van der Waals surface area (Å²) in [5, 5.41) is 6.07. The number of nitrogens with zero attached hydrogens (tertiary/aromatic N) is 2. The number of rotatable bonds is 5. The number of methoxy groups -OCH3 is 1. The number of para-hydroxylation sites is 1. The first-order valence-electron chi connectivity index (χ1n) is 8.74. The van der Waals surface area contributed by atoms with Gasteiger partial charge in [-0.25, -0.2) is 9.78 Å². The lowest BCUT2D eigenvalue weighted by Gasteiger charge is -2.27. The van der Waals surface area contributed by atoms with Gasteiger partial charge in [0.05, 0.1) is 17.8 Å². The Kier molecular flexibility index (Phi) is 6.17. The van der Waals surface area contributed by atoms with Crippen molar-refractivity contribution >= 4 is 29.1 Å². The monoisotopic (exact) mass is 374 g/mol. The lowest BCUT2D eigenvalue weighted by Crippen LogP contribution is -2.31. The highest BCUT2D eigenvalue weighted by atomic mass is 35.5. The molecule has 0 atom stereocenters. The summed E-state index contributed by atoms with van der Waals surface area (Å²) in [6, 6.07) is 8.84. The number of hydrogen-bond acceptors (Lipinski definition) is 4. The minimum atomic E-state index is -0.318. The van der Waals surface area contributed by atoms with E-state index in [4.69, 9.17) is 16.3 Å². The number of piperidine rings is 1. The summed E-state index contributed by atoms with van der Waals surface area (Å²) in [5.74, 6) is 1.42. The molecule has 0 radical (unpaired) electrons. The lowest BCUT2D eigenvalue weighted by molar-refractivity contribution is 0.251. The van der Waals surface area contributed by atoms with Gasteiger partial charge in [-0.1, -0.05) is 17.7 Å². The van der Waals surface area contributed by atoms with Gasteiger partial charge in [-0.05, 0) is 49.1 Å². The molecule has 1 aromatic heterocycles. The number of hydrogen-bond donors (Lipinski definition) is 2. The molecule has 0 unspecified atom stereocenters. The minimum Gasteiger partial charge on any atom is -0.493 e. The molecular formula is C19H23ClN4O2. The molecule has 1 aromatic carbocycles. The molecule has 0 spiro atoms. The van der Waals surface area contributed by atoms with E-state index >= 15 is 0 Å². The third kappa shape index (κ3) is 4.58. The van der Waals surface area contributed by atoms with Crippen molar-refractivity contribution in [3.8, 4) is 5.75 Å². The summed E-state index contributed by atoms with van der Waals surface area (Å²) in [7, 11) is 1.52. The number of halogens is 1. The van der Waals surface area contributed by atoms with Crippen LogP contribution in [0.1, 0.15) is 24.8 Å². The number of benzene rings is 1. The summed E-state index contributed by atoms with van der Waals surface area (Å²) in [4.78, 5) is 19.0. The Bertz CT molecular complexity index is 763. The van der Waals surface area contributed by atoms with Gasteiger partial charge in [0.2, 0.25) is 0 Å². The van der Waals surface area contributed by atoms with Gasteiger partial charge in [-0.3, -0.25) is 0 Å². The third-order valence-corrected chi connectivity index (χ3v) is 4.66. The molecule has 2 aromatic rings. The fraction of sp³-hybridized carbons (Fsp3) is 0.368. The molecule has 2 heterocycles. The lowest BCUT2D eigenvalue weighted by atomic mass is 10.1. The average Bonchev–Trinajstić information content (AvgIpc) is 2.67. The van der Waals surface area contributed by atoms with Crippen LogP contribution in [-0.4, -0.2) is 31.2 Å². The maximum atomic E-state index is 12.2. The first-order chi connectivity index (χ1) is 12.7. The Hall–Kier alpha value is -2.47. The van der Waals surface area contributed by atoms with Gasteiger partial charge in [0.15, 0.2) is 5.75 Å². The van der Waals surface area contributed by atoms with E-state index in [0.29, 0.717) is 23.0 Å². The molecule has 2 N–H and O–H groups in total. The van der Waals surface area contributed by atoms with Crippen molar-refractivity contribution in [2.45, 2.75) is 25.8 Å². The second-order valence-electron chi connectivity index (χ2n) is 6.20. The first kappa shape index (κ1) is 18.3. The van der Waals surface area contributed by atoms with E-state index in [-0.39, 0.29) is 6.03 Å². The smallest absolute Gasteiger partial charge is 0.319 e. The molecule has 0 bridgehead atoms. The van der Waals surface area contributed by atoms with Crippen molar-refractivity contribution < 1.29 is 9.53 Å². The summed E-state index contributed by atoms with van der Waals surface area (Å²) in [5.41, 5.74) is 1.54. The second kappa shape index (κ2) is 8.76. The molecule has 2 amide bonds. The molecule has 26 heavy (non-hydrogen) atoms. The summed E-state index contributed by atoms with van der Waals surface area (Å²) in [6.07, 6.45) is 5.48. The van der Waals surface area contributed by atoms with Crippen molar-refractivity contribution in [2.75, 3.05) is 30.4 Å². The number of amides is 2. The predicted molar refractivity (Wildman–Crippen MR) is 104 cm³/mol. The number of carbonyl (C=O) groups is 1. The van der Waals surface area contributed by atoms with Crippen LogP contribution in [0.5, 0.6) is 5.75 Å². The summed E-state index contributed by atoms with van der Waals surface area (Å²) in [6.45, 7) is 2.50. The van der Waals surface area contributed by atoms with Crippen LogP contribution in [0.2, 0.25) is 5.02 Å². The quantitative estimate of drug-likeness (QED) is 0.828. The zero-order chi connectivity index (χ0) is 18.4. The van der Waals surface area contributed by atoms with Gasteiger partial charge in [0.1, 0.15) is 5.82 Å². The Labute approximate surface area is 158 Å². The first-order valence-corrected chi connectivity index (χ1v) is 9.12. The van der Waals surface area contributed by atoms with Crippen LogP contribution >= 0.6 is 11.6 Å². The highest BCUT2D eigenvalue weighted by Crippen LogP contribution is 2.32. The molecule has 1 fully saturated rings. The topological polar surface area (TPSA) is 66.5 Å². The number of nitrogens with one attached hydrogen (secondary N) is 2. The van der Waals surface area contributed by atoms with Crippen LogP contribution in [0.4, 0.5) is 16.3 Å². The Balaban J connectivity index is 1.59. The van der Waals surface area contributed by atoms with Crippen molar-refractivity contribution in [2.24, 2.45) is 0 Å². The van der Waals surface area contributed by atoms with Gasteiger partial charge in [0.25, 0.3) is 0 Å². The third-order valence-electron chi connectivity index (χ3n) is 4.36. The van der Waals surface area contributed by atoms with Gasteiger partial charge in [0, 0.05) is 25.8 Å². The number of aromatic nitrogens is 1. The van der Waals surface area contributed by atoms with Crippen LogP contribution in [0.15, 0.2) is 36.5 Å². The Morgan fingerprint density at radius 3 is 2.85 bits per heavy atom. The fourth-order valence-electron chi connectivity index (χ4n) is 3.03. The molecule has 1 aliphatic heterocycles. The Morgan fingerprint density at radius 2 is 2.08 bits per heavy atom. The van der Waals surface area contributed by atoms with Gasteiger partial charge in [-0.2, -0.15) is 0 Å². The molecule has 3 rings (SSSR count). The van der Waals surface area contributed by atoms with Gasteiger partial charge < -0.3 is 20.3 Å². The standard InChI is InChI=1S/C19H23ClN4O2/c1-26-18-15(20)6-5-7-16(18)23-19(25)22-13-14-8-9-21-17(12-14)24-10-3-2-4-11-24/h5-9,12H,2-4,10-11,13H2,1H3,(H2,22,23,25). The molecule has 1 saturated heterocycles. The van der Waals surface area contributed by atoms with E-state index in [1.165, 1.54) is 26.4 Å². The number of urea groups is 1. The van der Waals surface area contributed by atoms with E-state index in [0.717, 1.165) is 24.5 Å². The molecule has 1 aliphatic rings. The van der Waals surface area contributed by atoms with E-state index in [1.54, 1.807) is 24.4 Å². The number of anilines is 2. The number of carbonyl (C=O) groups excluding carboxylic acids is 1. The number of pyridine rings is 1. The van der Waals surface area contributed by atoms with Gasteiger partial charge in [-0.15, -0.1) is 0 Å². The molecule has 0 saturated carbocycles. The van der Waals surface area contributed by atoms with Crippen LogP contribution in [0, 0.1) is 0 Å². The summed E-state index contributed by atoms with van der Waals surface area (Å²) < 4.78 is 5.23. The molecular weight excluding hydrogens is 352 g/mol. The highest BCUT2D eigenvalue weighted by molar-refractivity contribution is 6.32. The molecule has 6 nitrogen and oxygen atoms in total. The van der Waals surface area contributed by atoms with Crippen LogP contribution < -0.4 is 20.3 Å². The van der Waals surface area contributed by atoms with Gasteiger partial charge >= 0.3 is 6.03 Å². The molecule has 7 heteroatoms. The zero-order valence-electron chi connectivity index (χ0n) is 14.8. The van der Waals surface area contributed by atoms with E-state index in [1.807, 2.05) is 12.1 Å². The average molecular weight is 375 g/mol. The number of ether oxygens (including phenoxy) is 1. The van der Waals surface area contributed by atoms with Crippen LogP contribution in [0.3, 0.4) is 0 Å². The van der Waals surface area contributed by atoms with Crippen LogP contribution in [-0.2, 0) is 6.54 Å². The van der Waals surface area contributed by atoms with Crippen molar-refractivity contribution in [3.63, 3.8) is 0 Å². The van der Waals surface area contributed by atoms with Crippen molar-refractivity contribution in [1.29, 1.82) is 0 Å². The van der Waals surface area contributed by atoms with E-state index in [2.05, 4.69) is 20.5 Å². The minimum absolute atomic E-state index is 0.318. The highest BCUT2D eigenvalue weighted by Gasteiger charge is 2.13. The summed E-state index contributed by atoms with van der Waals surface area (Å²) >= 11 is 6.07. The zero-order valence-corrected chi connectivity index (χ0v) is 15.6. The SMILES string of the molecule is COc1c(Cl)cccc1NC(=O)NCc1ccnc(N2CCCCC2)c1. The largest absolute Gasteiger partial charge is 0.493 e. The Morgan fingerprint density at radius 1 is 1.27 bits per heavy atom. The second-order valence-corrected chi connectivity index (χ2v) is 6.61. The molecule has 138 valence electrons. The van der Waals surface area contributed by atoms with Crippen molar-refractivity contribution in [3.05, 3.63) is 47.1 Å². The maximum absolute atomic E-state index is 12.2. The fourth-order valence-corrected chi connectivity index (χ4v) is 3.28. The van der Waals surface area contributed by atoms with Crippen molar-refractivity contribution in [1.82, 2.24) is 10.3 Å². The van der Waals surface area contributed by atoms with Crippen LogP contribution in [0.25, 0.3) is 0 Å². The maximum Gasteiger partial charge on any atom is 0.319 e. The van der Waals surface area contributed by atoms with E-state index in [9.17, 15) is 4.79 Å². The van der Waals surface area contributed by atoms with E-state index < -0.39 is 0 Å². The predicted octanol–water partition coefficient (Wildman–Crippen LogP) is 4.06. The molecule has 0 aliphatic carbocycles. The normalized spacial score (nSPS) is 14.0.